The SMILES string of the molecule is CCc1cc(O)ccc1-c1ccc2c(-c3nc(C4=CCCN(C5CCN(C)C5)C4)c[nH]3)n[nH]c2c1F. The average Bonchev–Trinajstić information content (AvgIpc) is 3.64. The number of halogens is 1. The van der Waals surface area contributed by atoms with Gasteiger partial charge in [0.2, 0.25) is 0 Å². The summed E-state index contributed by atoms with van der Waals surface area (Å²) >= 11 is 0. The van der Waals surface area contributed by atoms with Crippen molar-refractivity contribution in [3.8, 4) is 28.4 Å². The number of benzene rings is 2. The van der Waals surface area contributed by atoms with E-state index in [-0.39, 0.29) is 11.6 Å². The van der Waals surface area contributed by atoms with Crippen LogP contribution in [0.25, 0.3) is 39.1 Å². The molecule has 2 aromatic heterocycles. The van der Waals surface area contributed by atoms with Gasteiger partial charge in [-0.05, 0) is 67.8 Å². The molecule has 2 aliphatic rings. The molecule has 1 saturated heterocycles. The highest BCUT2D eigenvalue weighted by molar-refractivity contribution is 5.95. The van der Waals surface area contributed by atoms with Crippen LogP contribution in [0.3, 0.4) is 0 Å². The predicted octanol–water partition coefficient (Wildman–Crippen LogP) is 4.82. The Balaban J connectivity index is 1.29. The number of aromatic nitrogens is 4. The Hall–Kier alpha value is -3.49. The number of aromatic amines is 2. The van der Waals surface area contributed by atoms with Crippen LogP contribution in [0.15, 0.2) is 42.6 Å². The molecule has 4 aromatic rings. The van der Waals surface area contributed by atoms with Crippen LogP contribution in [-0.4, -0.2) is 74.3 Å². The molecule has 8 heteroatoms. The fraction of sp³-hybridized carbons (Fsp3) is 0.357. The van der Waals surface area contributed by atoms with Gasteiger partial charge in [0.25, 0.3) is 0 Å². The van der Waals surface area contributed by atoms with Crippen LogP contribution in [0.1, 0.15) is 31.0 Å². The number of aromatic hydroxyl groups is 1. The first-order valence-corrected chi connectivity index (χ1v) is 12.7. The van der Waals surface area contributed by atoms with Crippen molar-refractivity contribution >= 4 is 16.5 Å². The van der Waals surface area contributed by atoms with E-state index in [1.807, 2.05) is 19.2 Å². The highest BCUT2D eigenvalue weighted by Crippen LogP contribution is 2.35. The van der Waals surface area contributed by atoms with Gasteiger partial charge in [0, 0.05) is 42.8 Å². The van der Waals surface area contributed by atoms with Crippen molar-refractivity contribution in [2.45, 2.75) is 32.2 Å². The van der Waals surface area contributed by atoms with Gasteiger partial charge in [-0.3, -0.25) is 10.00 Å². The molecule has 0 amide bonds. The molecule has 4 heterocycles. The molecular formula is C28H31FN6O. The zero-order chi connectivity index (χ0) is 24.8. The topological polar surface area (TPSA) is 84.1 Å². The number of aryl methyl sites for hydroxylation is 1. The number of H-pyrrole nitrogens is 2. The summed E-state index contributed by atoms with van der Waals surface area (Å²) in [5.74, 6) is 0.452. The third-order valence-corrected chi connectivity index (χ3v) is 7.63. The van der Waals surface area contributed by atoms with E-state index in [1.54, 1.807) is 24.3 Å². The van der Waals surface area contributed by atoms with Crippen LogP contribution >= 0.6 is 0 Å². The quantitative estimate of drug-likeness (QED) is 0.377. The van der Waals surface area contributed by atoms with Crippen LogP contribution in [0, 0.1) is 5.82 Å². The molecule has 2 aromatic carbocycles. The highest BCUT2D eigenvalue weighted by atomic mass is 19.1. The molecule has 1 unspecified atom stereocenters. The fourth-order valence-corrected chi connectivity index (χ4v) is 5.66. The zero-order valence-corrected chi connectivity index (χ0v) is 20.7. The zero-order valence-electron chi connectivity index (χ0n) is 20.7. The summed E-state index contributed by atoms with van der Waals surface area (Å²) < 4.78 is 15.6. The first kappa shape index (κ1) is 22.9. The standard InChI is InChI=1S/C28H31FN6O/c1-3-17-13-20(36)6-7-21(17)22-8-9-23-26(25(22)29)32-33-27(23)28-30-14-24(31-28)18-5-4-11-35(15-18)19-10-12-34(2)16-19/h5-9,13-14,19,36H,3-4,10-12,15-16H2,1-2H3,(H,30,31)(H,32,33). The van der Waals surface area contributed by atoms with E-state index < -0.39 is 0 Å². The minimum Gasteiger partial charge on any atom is -0.508 e. The number of phenolic OH excluding ortho intramolecular Hbond substituents is 1. The molecule has 1 atom stereocenters. The maximum absolute atomic E-state index is 15.6. The van der Waals surface area contributed by atoms with Crippen molar-refractivity contribution < 1.29 is 9.50 Å². The largest absolute Gasteiger partial charge is 0.508 e. The van der Waals surface area contributed by atoms with Gasteiger partial charge >= 0.3 is 0 Å². The Morgan fingerprint density at radius 3 is 2.83 bits per heavy atom. The number of likely N-dealkylation sites (N-methyl/N-ethyl adjacent to an activating group) is 1. The van der Waals surface area contributed by atoms with Gasteiger partial charge < -0.3 is 15.0 Å². The molecule has 0 bridgehead atoms. The summed E-state index contributed by atoms with van der Waals surface area (Å²) in [5, 5.41) is 17.8. The number of rotatable bonds is 5. The molecule has 1 fully saturated rings. The molecule has 0 radical (unpaired) electrons. The second-order valence-electron chi connectivity index (χ2n) is 9.94. The van der Waals surface area contributed by atoms with Crippen LogP contribution in [-0.2, 0) is 6.42 Å². The van der Waals surface area contributed by atoms with Crippen LogP contribution < -0.4 is 0 Å². The van der Waals surface area contributed by atoms with Crippen molar-refractivity contribution in [2.75, 3.05) is 33.2 Å². The van der Waals surface area contributed by atoms with Gasteiger partial charge in [0.1, 0.15) is 17.0 Å². The third kappa shape index (κ3) is 4.00. The molecule has 3 N–H and O–H groups in total. The summed E-state index contributed by atoms with van der Waals surface area (Å²) in [6.07, 6.45) is 7.14. The number of likely N-dealkylation sites (tertiary alicyclic amines) is 1. The summed E-state index contributed by atoms with van der Waals surface area (Å²) in [4.78, 5) is 13.1. The maximum atomic E-state index is 15.6. The van der Waals surface area contributed by atoms with Crippen LogP contribution in [0.5, 0.6) is 5.75 Å². The Kier molecular flexibility index (Phi) is 5.85. The van der Waals surface area contributed by atoms with Crippen molar-refractivity contribution in [3.63, 3.8) is 0 Å². The van der Waals surface area contributed by atoms with Gasteiger partial charge in [-0.25, -0.2) is 9.37 Å². The molecule has 2 aliphatic heterocycles. The maximum Gasteiger partial charge on any atom is 0.159 e. The van der Waals surface area contributed by atoms with Gasteiger partial charge in [0.15, 0.2) is 11.6 Å². The van der Waals surface area contributed by atoms with E-state index in [0.29, 0.717) is 40.4 Å². The van der Waals surface area contributed by atoms with Crippen LogP contribution in [0.2, 0.25) is 0 Å². The average molecular weight is 487 g/mol. The predicted molar refractivity (Wildman–Crippen MR) is 140 cm³/mol. The van der Waals surface area contributed by atoms with Crippen LogP contribution in [0.4, 0.5) is 4.39 Å². The molecule has 0 spiro atoms. The summed E-state index contributed by atoms with van der Waals surface area (Å²) in [7, 11) is 2.19. The molecule has 7 nitrogen and oxygen atoms in total. The monoisotopic (exact) mass is 486 g/mol. The van der Waals surface area contributed by atoms with E-state index >= 15 is 4.39 Å². The van der Waals surface area contributed by atoms with Crippen molar-refractivity contribution in [2.24, 2.45) is 0 Å². The minimum atomic E-state index is -0.356. The smallest absolute Gasteiger partial charge is 0.159 e. The Morgan fingerprint density at radius 1 is 1.17 bits per heavy atom. The second-order valence-corrected chi connectivity index (χ2v) is 9.94. The lowest BCUT2D eigenvalue weighted by Crippen LogP contribution is -2.40. The van der Waals surface area contributed by atoms with E-state index in [1.165, 1.54) is 12.0 Å². The normalized spacial score (nSPS) is 19.3. The molecule has 6 rings (SSSR count). The molecular weight excluding hydrogens is 455 g/mol. The summed E-state index contributed by atoms with van der Waals surface area (Å²) in [6.45, 7) is 6.25. The first-order valence-electron chi connectivity index (χ1n) is 12.7. The lowest BCUT2D eigenvalue weighted by molar-refractivity contribution is 0.219. The van der Waals surface area contributed by atoms with E-state index in [4.69, 9.17) is 4.98 Å². The van der Waals surface area contributed by atoms with Crippen molar-refractivity contribution in [3.05, 3.63) is 59.7 Å². The Morgan fingerprint density at radius 2 is 2.03 bits per heavy atom. The van der Waals surface area contributed by atoms with E-state index in [0.717, 1.165) is 49.4 Å². The van der Waals surface area contributed by atoms with Gasteiger partial charge in [0.05, 0.1) is 5.69 Å². The second kappa shape index (κ2) is 9.19. The van der Waals surface area contributed by atoms with Crippen molar-refractivity contribution in [1.29, 1.82) is 0 Å². The number of nitrogens with one attached hydrogen (secondary N) is 2. The molecule has 186 valence electrons. The van der Waals surface area contributed by atoms with E-state index in [2.05, 4.69) is 38.1 Å². The number of hydrogen-bond donors (Lipinski definition) is 3. The number of nitrogens with zero attached hydrogens (tertiary/aromatic N) is 4. The Bertz CT molecular complexity index is 1450. The van der Waals surface area contributed by atoms with Crippen molar-refractivity contribution in [1.82, 2.24) is 30.0 Å². The number of imidazole rings is 1. The Labute approximate surface area is 209 Å². The summed E-state index contributed by atoms with van der Waals surface area (Å²) in [5.41, 5.74) is 5.26. The summed E-state index contributed by atoms with van der Waals surface area (Å²) in [6, 6.07) is 9.32. The lowest BCUT2D eigenvalue weighted by atomic mass is 9.96. The number of phenols is 1. The van der Waals surface area contributed by atoms with Gasteiger partial charge in [-0.2, -0.15) is 5.10 Å². The molecule has 0 saturated carbocycles. The molecule has 36 heavy (non-hydrogen) atoms. The van der Waals surface area contributed by atoms with Gasteiger partial charge in [-0.1, -0.05) is 25.1 Å². The minimum absolute atomic E-state index is 0.182. The first-order chi connectivity index (χ1) is 17.5. The lowest BCUT2D eigenvalue weighted by Gasteiger charge is -2.32. The molecule has 0 aliphatic carbocycles. The van der Waals surface area contributed by atoms with Gasteiger partial charge in [-0.15, -0.1) is 0 Å². The number of fused-ring (bicyclic) bond motifs is 1. The number of hydrogen-bond acceptors (Lipinski definition) is 5. The fourth-order valence-electron chi connectivity index (χ4n) is 5.66. The third-order valence-electron chi connectivity index (χ3n) is 7.63. The highest BCUT2D eigenvalue weighted by Gasteiger charge is 2.28. The van der Waals surface area contributed by atoms with E-state index in [9.17, 15) is 5.11 Å².